The second kappa shape index (κ2) is 6.15. The fourth-order valence-corrected chi connectivity index (χ4v) is 3.40. The predicted molar refractivity (Wildman–Crippen MR) is 86.9 cm³/mol. The van der Waals surface area contributed by atoms with Gasteiger partial charge in [0.1, 0.15) is 5.75 Å². The molecule has 0 bridgehead atoms. The van der Waals surface area contributed by atoms with Crippen molar-refractivity contribution >= 4 is 11.6 Å². The quantitative estimate of drug-likeness (QED) is 0.900. The molecule has 1 atom stereocenters. The van der Waals surface area contributed by atoms with E-state index in [4.69, 9.17) is 26.8 Å². The van der Waals surface area contributed by atoms with E-state index in [1.54, 1.807) is 14.2 Å². The molecule has 0 radical (unpaired) electrons. The molecule has 0 heterocycles. The highest BCUT2D eigenvalue weighted by Crippen LogP contribution is 2.48. The minimum atomic E-state index is -0.340. The summed E-state index contributed by atoms with van der Waals surface area (Å²) in [6.07, 6.45) is 4.12. The molecule has 0 aliphatic heterocycles. The Morgan fingerprint density at radius 3 is 2.29 bits per heavy atom. The van der Waals surface area contributed by atoms with Gasteiger partial charge in [0, 0.05) is 17.7 Å². The van der Waals surface area contributed by atoms with Gasteiger partial charge >= 0.3 is 0 Å². The molecule has 0 aromatic heterocycles. The van der Waals surface area contributed by atoms with Crippen molar-refractivity contribution in [3.05, 3.63) is 28.8 Å². The predicted octanol–water partition coefficient (Wildman–Crippen LogP) is 4.33. The van der Waals surface area contributed by atoms with Crippen LogP contribution in [0.15, 0.2) is 18.2 Å². The number of ether oxygens (including phenoxy) is 2. The summed E-state index contributed by atoms with van der Waals surface area (Å²) >= 11 is 6.14. The highest BCUT2D eigenvalue weighted by Gasteiger charge is 2.44. The van der Waals surface area contributed by atoms with E-state index in [0.29, 0.717) is 10.4 Å². The molecule has 1 unspecified atom stereocenters. The number of halogens is 1. The first-order valence-electron chi connectivity index (χ1n) is 7.48. The van der Waals surface area contributed by atoms with Gasteiger partial charge in [0.2, 0.25) is 0 Å². The number of hydrogen-bond acceptors (Lipinski definition) is 3. The van der Waals surface area contributed by atoms with Gasteiger partial charge in [-0.15, -0.1) is 0 Å². The van der Waals surface area contributed by atoms with Crippen molar-refractivity contribution in [3.63, 3.8) is 0 Å². The molecule has 118 valence electrons. The van der Waals surface area contributed by atoms with E-state index in [1.165, 1.54) is 0 Å². The van der Waals surface area contributed by atoms with Crippen molar-refractivity contribution in [3.8, 4) is 5.75 Å². The average molecular weight is 312 g/mol. The van der Waals surface area contributed by atoms with Gasteiger partial charge in [-0.3, -0.25) is 0 Å². The topological polar surface area (TPSA) is 44.5 Å². The van der Waals surface area contributed by atoms with Gasteiger partial charge < -0.3 is 15.2 Å². The summed E-state index contributed by atoms with van der Waals surface area (Å²) in [5.41, 5.74) is 7.53. The van der Waals surface area contributed by atoms with Crippen LogP contribution in [-0.2, 0) is 4.74 Å². The van der Waals surface area contributed by atoms with Gasteiger partial charge in [-0.1, -0.05) is 25.4 Å². The monoisotopic (exact) mass is 311 g/mol. The molecule has 1 aromatic carbocycles. The minimum absolute atomic E-state index is 0.243. The minimum Gasteiger partial charge on any atom is -0.496 e. The van der Waals surface area contributed by atoms with Crippen molar-refractivity contribution in [2.45, 2.75) is 51.2 Å². The third-order valence-corrected chi connectivity index (χ3v) is 5.19. The normalized spacial score (nSPS) is 21.8. The fourth-order valence-electron chi connectivity index (χ4n) is 3.22. The number of benzene rings is 1. The molecule has 1 fully saturated rings. The van der Waals surface area contributed by atoms with Crippen LogP contribution < -0.4 is 10.5 Å². The Morgan fingerprint density at radius 2 is 1.76 bits per heavy atom. The molecule has 1 saturated carbocycles. The zero-order chi connectivity index (χ0) is 15.7. The lowest BCUT2D eigenvalue weighted by Crippen LogP contribution is -2.47. The van der Waals surface area contributed by atoms with Gasteiger partial charge in [0.05, 0.1) is 18.8 Å². The molecule has 1 aliphatic rings. The molecule has 21 heavy (non-hydrogen) atoms. The third kappa shape index (κ3) is 3.36. The van der Waals surface area contributed by atoms with E-state index >= 15 is 0 Å². The fraction of sp³-hybridized carbons (Fsp3) is 0.647. The molecule has 0 amide bonds. The standard InChI is InChI=1S/C17H26ClNO2/c1-16(2)7-9-17(21-4,10-8-16)15(19)13-11-12(18)5-6-14(13)20-3/h5-6,11,15H,7-10,19H2,1-4H3. The van der Waals surface area contributed by atoms with Crippen LogP contribution >= 0.6 is 11.6 Å². The second-order valence-electron chi connectivity index (χ2n) is 6.80. The van der Waals surface area contributed by atoms with Gasteiger partial charge in [-0.05, 0) is 49.3 Å². The van der Waals surface area contributed by atoms with Crippen LogP contribution in [-0.4, -0.2) is 19.8 Å². The van der Waals surface area contributed by atoms with Gasteiger partial charge in [0.25, 0.3) is 0 Å². The van der Waals surface area contributed by atoms with Crippen LogP contribution in [0.2, 0.25) is 5.02 Å². The summed E-state index contributed by atoms with van der Waals surface area (Å²) in [5.74, 6) is 0.771. The number of hydrogen-bond donors (Lipinski definition) is 1. The van der Waals surface area contributed by atoms with Crippen LogP contribution in [0.1, 0.15) is 51.1 Å². The van der Waals surface area contributed by atoms with Crippen molar-refractivity contribution in [2.75, 3.05) is 14.2 Å². The number of rotatable bonds is 4. The van der Waals surface area contributed by atoms with Crippen LogP contribution in [0.4, 0.5) is 0 Å². The first-order chi connectivity index (χ1) is 9.83. The summed E-state index contributed by atoms with van der Waals surface area (Å²) in [6.45, 7) is 4.61. The SMILES string of the molecule is COc1ccc(Cl)cc1C(N)C1(OC)CCC(C)(C)CC1. The lowest BCUT2D eigenvalue weighted by Gasteiger charge is -2.46. The molecule has 0 spiro atoms. The largest absolute Gasteiger partial charge is 0.496 e. The Labute approximate surface area is 132 Å². The zero-order valence-corrected chi connectivity index (χ0v) is 14.2. The van der Waals surface area contributed by atoms with E-state index in [0.717, 1.165) is 37.0 Å². The van der Waals surface area contributed by atoms with E-state index in [9.17, 15) is 0 Å². The Hall–Kier alpha value is -0.770. The Morgan fingerprint density at radius 1 is 1.14 bits per heavy atom. The van der Waals surface area contributed by atoms with E-state index in [1.807, 2.05) is 18.2 Å². The summed E-state index contributed by atoms with van der Waals surface area (Å²) < 4.78 is 11.4. The maximum absolute atomic E-state index is 6.59. The first-order valence-corrected chi connectivity index (χ1v) is 7.85. The maximum atomic E-state index is 6.59. The Kier molecular flexibility index (Phi) is 4.86. The van der Waals surface area contributed by atoms with Crippen LogP contribution in [0, 0.1) is 5.41 Å². The molecule has 0 saturated heterocycles. The highest BCUT2D eigenvalue weighted by molar-refractivity contribution is 6.30. The van der Waals surface area contributed by atoms with Crippen molar-refractivity contribution in [1.82, 2.24) is 0 Å². The van der Waals surface area contributed by atoms with E-state index < -0.39 is 0 Å². The molecule has 4 heteroatoms. The average Bonchev–Trinajstić information content (AvgIpc) is 2.47. The van der Waals surface area contributed by atoms with Gasteiger partial charge in [-0.25, -0.2) is 0 Å². The molecular weight excluding hydrogens is 286 g/mol. The van der Waals surface area contributed by atoms with Crippen molar-refractivity contribution in [2.24, 2.45) is 11.1 Å². The second-order valence-corrected chi connectivity index (χ2v) is 7.23. The first kappa shape index (κ1) is 16.6. The summed E-state index contributed by atoms with van der Waals surface area (Å²) in [7, 11) is 3.41. The number of methoxy groups -OCH3 is 2. The third-order valence-electron chi connectivity index (χ3n) is 4.95. The molecular formula is C17H26ClNO2. The summed E-state index contributed by atoms with van der Waals surface area (Å²) in [4.78, 5) is 0. The lowest BCUT2D eigenvalue weighted by molar-refractivity contribution is -0.0797. The smallest absolute Gasteiger partial charge is 0.123 e. The van der Waals surface area contributed by atoms with Crippen LogP contribution in [0.3, 0.4) is 0 Å². The van der Waals surface area contributed by atoms with Gasteiger partial charge in [-0.2, -0.15) is 0 Å². The van der Waals surface area contributed by atoms with E-state index in [2.05, 4.69) is 13.8 Å². The molecule has 2 rings (SSSR count). The van der Waals surface area contributed by atoms with Crippen molar-refractivity contribution < 1.29 is 9.47 Å². The van der Waals surface area contributed by atoms with Crippen LogP contribution in [0.5, 0.6) is 5.75 Å². The number of nitrogens with two attached hydrogens (primary N) is 1. The van der Waals surface area contributed by atoms with Gasteiger partial charge in [0.15, 0.2) is 0 Å². The van der Waals surface area contributed by atoms with Crippen LogP contribution in [0.25, 0.3) is 0 Å². The summed E-state index contributed by atoms with van der Waals surface area (Å²) in [6, 6.07) is 5.34. The highest BCUT2D eigenvalue weighted by atomic mass is 35.5. The Bertz CT molecular complexity index is 492. The lowest BCUT2D eigenvalue weighted by atomic mass is 9.67. The molecule has 3 nitrogen and oxygen atoms in total. The molecule has 1 aliphatic carbocycles. The summed E-state index contributed by atoms with van der Waals surface area (Å²) in [5, 5.41) is 0.670. The molecule has 1 aromatic rings. The molecule has 2 N–H and O–H groups in total. The maximum Gasteiger partial charge on any atom is 0.123 e. The van der Waals surface area contributed by atoms with Crippen molar-refractivity contribution in [1.29, 1.82) is 0 Å². The zero-order valence-electron chi connectivity index (χ0n) is 13.4. The Balaban J connectivity index is 2.33. The van der Waals surface area contributed by atoms with E-state index in [-0.39, 0.29) is 11.6 Å².